The lowest BCUT2D eigenvalue weighted by molar-refractivity contribution is -0.139. The standard InChI is InChI=1S/C10H11FO6S/c1-15-8-5-3-4-7(6-9(12)16-2)10(8)17-18(11,13)14/h3-5H,6H2,1-2H3. The van der Waals surface area contributed by atoms with Gasteiger partial charge in [-0.05, 0) is 6.07 Å². The van der Waals surface area contributed by atoms with Gasteiger partial charge in [-0.15, -0.1) is 0 Å². The average molecular weight is 278 g/mol. The Balaban J connectivity index is 3.20. The summed E-state index contributed by atoms with van der Waals surface area (Å²) in [6.45, 7) is 0. The van der Waals surface area contributed by atoms with Gasteiger partial charge in [0.25, 0.3) is 0 Å². The van der Waals surface area contributed by atoms with E-state index in [1.807, 2.05) is 0 Å². The molecule has 0 radical (unpaired) electrons. The Hall–Kier alpha value is -1.83. The van der Waals surface area contributed by atoms with E-state index >= 15 is 0 Å². The molecule has 0 aliphatic rings. The van der Waals surface area contributed by atoms with E-state index in [0.29, 0.717) is 0 Å². The predicted molar refractivity (Wildman–Crippen MR) is 59.4 cm³/mol. The van der Waals surface area contributed by atoms with Crippen LogP contribution in [0.5, 0.6) is 11.5 Å². The molecule has 18 heavy (non-hydrogen) atoms. The zero-order valence-electron chi connectivity index (χ0n) is 9.67. The Kier molecular flexibility index (Phi) is 4.49. The zero-order valence-corrected chi connectivity index (χ0v) is 10.5. The van der Waals surface area contributed by atoms with E-state index in [-0.39, 0.29) is 23.5 Å². The summed E-state index contributed by atoms with van der Waals surface area (Å²) in [5.41, 5.74) is 0.141. The van der Waals surface area contributed by atoms with Gasteiger partial charge in [0, 0.05) is 5.56 Å². The molecule has 0 N–H and O–H groups in total. The van der Waals surface area contributed by atoms with Crippen molar-refractivity contribution in [2.75, 3.05) is 14.2 Å². The van der Waals surface area contributed by atoms with Crippen molar-refractivity contribution in [1.29, 1.82) is 0 Å². The van der Waals surface area contributed by atoms with Gasteiger partial charge in [0.15, 0.2) is 11.5 Å². The molecule has 0 unspecified atom stereocenters. The molecular formula is C10H11FO6S. The Morgan fingerprint density at radius 3 is 2.50 bits per heavy atom. The summed E-state index contributed by atoms with van der Waals surface area (Å²) < 4.78 is 47.0. The minimum absolute atomic E-state index is 0.00220. The largest absolute Gasteiger partial charge is 0.493 e. The van der Waals surface area contributed by atoms with Crippen molar-refractivity contribution in [2.45, 2.75) is 6.42 Å². The maximum atomic E-state index is 12.6. The van der Waals surface area contributed by atoms with Crippen LogP contribution in [0, 0.1) is 0 Å². The van der Waals surface area contributed by atoms with E-state index < -0.39 is 16.5 Å². The summed E-state index contributed by atoms with van der Waals surface area (Å²) in [7, 11) is -2.77. The zero-order chi connectivity index (χ0) is 13.8. The van der Waals surface area contributed by atoms with E-state index in [2.05, 4.69) is 8.92 Å². The lowest BCUT2D eigenvalue weighted by Crippen LogP contribution is -2.09. The van der Waals surface area contributed by atoms with Crippen molar-refractivity contribution in [2.24, 2.45) is 0 Å². The van der Waals surface area contributed by atoms with Crippen molar-refractivity contribution in [3.8, 4) is 11.5 Å². The number of benzene rings is 1. The van der Waals surface area contributed by atoms with Crippen LogP contribution in [0.25, 0.3) is 0 Å². The summed E-state index contributed by atoms with van der Waals surface area (Å²) in [6.07, 6.45) is -0.265. The van der Waals surface area contributed by atoms with Crippen LogP contribution >= 0.6 is 0 Å². The van der Waals surface area contributed by atoms with Crippen LogP contribution < -0.4 is 8.92 Å². The monoisotopic (exact) mass is 278 g/mol. The topological polar surface area (TPSA) is 78.9 Å². The van der Waals surface area contributed by atoms with Gasteiger partial charge in [0.05, 0.1) is 20.6 Å². The first kappa shape index (κ1) is 14.2. The van der Waals surface area contributed by atoms with Crippen LogP contribution in [0.15, 0.2) is 18.2 Å². The maximum Gasteiger partial charge on any atom is 0.488 e. The van der Waals surface area contributed by atoms with Crippen molar-refractivity contribution in [3.05, 3.63) is 23.8 Å². The fourth-order valence-corrected chi connectivity index (χ4v) is 1.67. The van der Waals surface area contributed by atoms with Crippen LogP contribution in [-0.2, 0) is 26.5 Å². The Labute approximate surface area is 104 Å². The second kappa shape index (κ2) is 5.67. The van der Waals surface area contributed by atoms with E-state index in [0.717, 1.165) is 0 Å². The van der Waals surface area contributed by atoms with Gasteiger partial charge in [-0.1, -0.05) is 16.0 Å². The molecular weight excluding hydrogens is 267 g/mol. The molecule has 0 aliphatic carbocycles. The van der Waals surface area contributed by atoms with Gasteiger partial charge in [0.1, 0.15) is 0 Å². The molecule has 0 saturated carbocycles. The third-order valence-corrected chi connectivity index (χ3v) is 2.39. The molecule has 1 aromatic carbocycles. The molecule has 0 aromatic heterocycles. The fraction of sp³-hybridized carbons (Fsp3) is 0.300. The highest BCUT2D eigenvalue weighted by atomic mass is 32.3. The molecule has 0 fully saturated rings. The molecule has 6 nitrogen and oxygen atoms in total. The number of carbonyl (C=O) groups excluding carboxylic acids is 1. The maximum absolute atomic E-state index is 12.6. The minimum Gasteiger partial charge on any atom is -0.493 e. The van der Waals surface area contributed by atoms with E-state index in [1.54, 1.807) is 0 Å². The highest BCUT2D eigenvalue weighted by Crippen LogP contribution is 2.32. The molecule has 0 amide bonds. The van der Waals surface area contributed by atoms with Crippen LogP contribution in [0.3, 0.4) is 0 Å². The molecule has 100 valence electrons. The second-order valence-corrected chi connectivity index (χ2v) is 4.13. The normalized spacial score (nSPS) is 10.8. The summed E-state index contributed by atoms with van der Waals surface area (Å²) in [5.74, 6) is -0.991. The van der Waals surface area contributed by atoms with E-state index in [9.17, 15) is 17.1 Å². The summed E-state index contributed by atoms with van der Waals surface area (Å²) in [6, 6.07) is 4.29. The van der Waals surface area contributed by atoms with Crippen molar-refractivity contribution in [1.82, 2.24) is 0 Å². The number of carbonyl (C=O) groups is 1. The summed E-state index contributed by atoms with van der Waals surface area (Å²) >= 11 is 0. The Morgan fingerprint density at radius 2 is 2.00 bits per heavy atom. The van der Waals surface area contributed by atoms with Crippen molar-refractivity contribution in [3.63, 3.8) is 0 Å². The number of esters is 1. The average Bonchev–Trinajstić information content (AvgIpc) is 2.29. The quantitative estimate of drug-likeness (QED) is 0.590. The molecule has 0 saturated heterocycles. The van der Waals surface area contributed by atoms with E-state index in [4.69, 9.17) is 4.74 Å². The first-order chi connectivity index (χ1) is 8.37. The van der Waals surface area contributed by atoms with Gasteiger partial charge in [-0.25, -0.2) is 0 Å². The van der Waals surface area contributed by atoms with E-state index in [1.165, 1.54) is 32.4 Å². The number of halogens is 1. The SMILES string of the molecule is COC(=O)Cc1cccc(OC)c1OS(=O)(=O)F. The number of methoxy groups -OCH3 is 2. The number of para-hydroxylation sites is 1. The Morgan fingerprint density at radius 1 is 1.33 bits per heavy atom. The molecule has 1 rings (SSSR count). The highest BCUT2D eigenvalue weighted by Gasteiger charge is 2.20. The lowest BCUT2D eigenvalue weighted by Gasteiger charge is -2.11. The fourth-order valence-electron chi connectivity index (χ4n) is 1.28. The number of hydrogen-bond acceptors (Lipinski definition) is 6. The van der Waals surface area contributed by atoms with Gasteiger partial charge in [0.2, 0.25) is 0 Å². The van der Waals surface area contributed by atoms with Crippen LogP contribution in [0.2, 0.25) is 0 Å². The number of ether oxygens (including phenoxy) is 2. The van der Waals surface area contributed by atoms with Gasteiger partial charge >= 0.3 is 16.5 Å². The molecule has 0 atom stereocenters. The smallest absolute Gasteiger partial charge is 0.488 e. The van der Waals surface area contributed by atoms with Crippen molar-refractivity contribution >= 4 is 16.5 Å². The summed E-state index contributed by atoms with van der Waals surface area (Å²) in [4.78, 5) is 11.1. The molecule has 1 aromatic rings. The van der Waals surface area contributed by atoms with Gasteiger partial charge in [-0.2, -0.15) is 8.42 Å². The highest BCUT2D eigenvalue weighted by molar-refractivity contribution is 7.81. The van der Waals surface area contributed by atoms with Gasteiger partial charge in [-0.3, -0.25) is 4.79 Å². The molecule has 0 spiro atoms. The predicted octanol–water partition coefficient (Wildman–Crippen LogP) is 1.00. The molecule has 0 aliphatic heterocycles. The molecule has 0 heterocycles. The number of hydrogen-bond donors (Lipinski definition) is 0. The third kappa shape index (κ3) is 3.88. The minimum atomic E-state index is -5.21. The van der Waals surface area contributed by atoms with Crippen LogP contribution in [-0.4, -0.2) is 28.6 Å². The van der Waals surface area contributed by atoms with Crippen molar-refractivity contribution < 1.29 is 30.8 Å². The van der Waals surface area contributed by atoms with Crippen LogP contribution in [0.4, 0.5) is 3.89 Å². The first-order valence-electron chi connectivity index (χ1n) is 4.74. The third-order valence-electron chi connectivity index (χ3n) is 2.03. The van der Waals surface area contributed by atoms with Gasteiger partial charge < -0.3 is 13.7 Å². The number of rotatable bonds is 5. The lowest BCUT2D eigenvalue weighted by atomic mass is 10.1. The first-order valence-corrected chi connectivity index (χ1v) is 6.05. The molecule has 8 heteroatoms. The second-order valence-electron chi connectivity index (χ2n) is 3.18. The van der Waals surface area contributed by atoms with Crippen LogP contribution in [0.1, 0.15) is 5.56 Å². The molecule has 0 bridgehead atoms. The Bertz CT molecular complexity index is 539. The summed E-state index contributed by atoms with van der Waals surface area (Å²) in [5, 5.41) is 0.